The van der Waals surface area contributed by atoms with E-state index in [1.807, 2.05) is 24.3 Å². The molecule has 1 aromatic heterocycles. The number of carbonyl (C=O) groups excluding carboxylic acids is 2. The summed E-state index contributed by atoms with van der Waals surface area (Å²) in [5.74, 6) is 0.610. The molecular weight excluding hydrogens is 314 g/mol. The van der Waals surface area contributed by atoms with E-state index in [4.69, 9.17) is 0 Å². The molecule has 1 saturated heterocycles. The van der Waals surface area contributed by atoms with Crippen LogP contribution in [0.1, 0.15) is 43.0 Å². The van der Waals surface area contributed by atoms with Gasteiger partial charge in [0, 0.05) is 36.2 Å². The van der Waals surface area contributed by atoms with Crippen LogP contribution in [-0.2, 0) is 4.79 Å². The van der Waals surface area contributed by atoms with Crippen LogP contribution in [0.3, 0.4) is 0 Å². The molecule has 2 amide bonds. The van der Waals surface area contributed by atoms with Gasteiger partial charge in [-0.3, -0.25) is 9.59 Å². The Bertz CT molecular complexity index is 791. The Morgan fingerprint density at radius 2 is 1.92 bits per heavy atom. The highest BCUT2D eigenvalue weighted by atomic mass is 16.2. The second-order valence-corrected chi connectivity index (χ2v) is 7.53. The number of H-pyrrole nitrogens is 1. The third kappa shape index (κ3) is 3.03. The number of para-hydroxylation sites is 1. The van der Waals surface area contributed by atoms with Crippen LogP contribution in [0.2, 0.25) is 0 Å². The van der Waals surface area contributed by atoms with E-state index < -0.39 is 0 Å². The molecule has 5 heteroatoms. The quantitative estimate of drug-likeness (QED) is 0.903. The molecule has 25 heavy (non-hydrogen) atoms. The summed E-state index contributed by atoms with van der Waals surface area (Å²) in [4.78, 5) is 30.0. The number of hydrogen-bond acceptors (Lipinski definition) is 2. The molecule has 1 aliphatic carbocycles. The lowest BCUT2D eigenvalue weighted by atomic mass is 9.85. The predicted octanol–water partition coefficient (Wildman–Crippen LogP) is 2.93. The van der Waals surface area contributed by atoms with Gasteiger partial charge in [-0.2, -0.15) is 0 Å². The number of nitrogens with one attached hydrogen (secondary N) is 2. The fourth-order valence-electron chi connectivity index (χ4n) is 4.06. The normalized spacial score (nSPS) is 24.1. The summed E-state index contributed by atoms with van der Waals surface area (Å²) in [6.07, 6.45) is 6.51. The highest BCUT2D eigenvalue weighted by Crippen LogP contribution is 2.26. The molecule has 2 aromatic rings. The van der Waals surface area contributed by atoms with Crippen LogP contribution in [-0.4, -0.2) is 40.8 Å². The number of rotatable bonds is 3. The maximum absolute atomic E-state index is 12.7. The fraction of sp³-hybridized carbons (Fsp3) is 0.500. The lowest BCUT2D eigenvalue weighted by molar-refractivity contribution is -0.130. The Kier molecular flexibility index (Phi) is 4.24. The monoisotopic (exact) mass is 339 g/mol. The molecule has 1 saturated carbocycles. The molecule has 132 valence electrons. The van der Waals surface area contributed by atoms with Crippen molar-refractivity contribution in [2.45, 2.75) is 38.6 Å². The van der Waals surface area contributed by atoms with E-state index in [1.54, 1.807) is 11.1 Å². The number of hydrogen-bond donors (Lipinski definition) is 2. The maximum atomic E-state index is 12.7. The molecule has 1 aromatic carbocycles. The molecular formula is C20H25N3O2. The van der Waals surface area contributed by atoms with Crippen LogP contribution in [0.5, 0.6) is 0 Å². The average Bonchev–Trinajstić information content (AvgIpc) is 2.99. The van der Waals surface area contributed by atoms with Gasteiger partial charge in [-0.25, -0.2) is 0 Å². The van der Waals surface area contributed by atoms with E-state index in [2.05, 4.69) is 17.2 Å². The lowest BCUT2D eigenvalue weighted by Gasteiger charge is -2.39. The summed E-state index contributed by atoms with van der Waals surface area (Å²) in [7, 11) is 0. The van der Waals surface area contributed by atoms with E-state index >= 15 is 0 Å². The first-order valence-corrected chi connectivity index (χ1v) is 9.29. The van der Waals surface area contributed by atoms with Crippen molar-refractivity contribution < 1.29 is 9.59 Å². The van der Waals surface area contributed by atoms with Crippen molar-refractivity contribution in [2.75, 3.05) is 13.1 Å². The van der Waals surface area contributed by atoms with Gasteiger partial charge in [-0.15, -0.1) is 0 Å². The van der Waals surface area contributed by atoms with E-state index in [0.717, 1.165) is 17.3 Å². The van der Waals surface area contributed by atoms with Crippen LogP contribution >= 0.6 is 0 Å². The molecule has 0 radical (unpaired) electrons. The van der Waals surface area contributed by atoms with Gasteiger partial charge in [0.25, 0.3) is 5.91 Å². The molecule has 2 unspecified atom stereocenters. The Morgan fingerprint density at radius 1 is 1.16 bits per heavy atom. The van der Waals surface area contributed by atoms with E-state index in [0.29, 0.717) is 30.6 Å². The first kappa shape index (κ1) is 16.2. The third-order valence-corrected chi connectivity index (χ3v) is 5.80. The number of aromatic amines is 1. The minimum absolute atomic E-state index is 0.00698. The summed E-state index contributed by atoms with van der Waals surface area (Å²) >= 11 is 0. The number of amides is 2. The smallest absolute Gasteiger partial charge is 0.256 e. The van der Waals surface area contributed by atoms with Gasteiger partial charge >= 0.3 is 0 Å². The van der Waals surface area contributed by atoms with Crippen molar-refractivity contribution in [2.24, 2.45) is 11.8 Å². The molecule has 2 aliphatic rings. The Balaban J connectivity index is 1.35. The first-order valence-electron chi connectivity index (χ1n) is 9.29. The number of likely N-dealkylation sites (tertiary alicyclic amines) is 1. The van der Waals surface area contributed by atoms with Gasteiger partial charge in [-0.05, 0) is 24.8 Å². The summed E-state index contributed by atoms with van der Waals surface area (Å²) in [5.41, 5.74) is 1.65. The highest BCUT2D eigenvalue weighted by molar-refractivity contribution is 6.07. The molecule has 5 nitrogen and oxygen atoms in total. The first-order chi connectivity index (χ1) is 12.1. The van der Waals surface area contributed by atoms with Crippen LogP contribution in [0.15, 0.2) is 30.5 Å². The zero-order valence-corrected chi connectivity index (χ0v) is 14.6. The predicted molar refractivity (Wildman–Crippen MR) is 97.3 cm³/mol. The maximum Gasteiger partial charge on any atom is 0.256 e. The second kappa shape index (κ2) is 6.54. The minimum atomic E-state index is -0.0664. The van der Waals surface area contributed by atoms with Gasteiger partial charge in [0.05, 0.1) is 11.5 Å². The molecule has 4 rings (SSSR count). The largest absolute Gasteiger partial charge is 0.360 e. The zero-order valence-electron chi connectivity index (χ0n) is 14.6. The summed E-state index contributed by atoms with van der Waals surface area (Å²) in [5, 5.41) is 4.15. The Hall–Kier alpha value is -2.30. The molecule has 2 fully saturated rings. The number of fused-ring (bicyclic) bond motifs is 1. The molecule has 2 N–H and O–H groups in total. The lowest BCUT2D eigenvalue weighted by Crippen LogP contribution is -2.57. The van der Waals surface area contributed by atoms with Gasteiger partial charge in [0.2, 0.25) is 5.91 Å². The van der Waals surface area contributed by atoms with Crippen molar-refractivity contribution in [3.05, 3.63) is 36.0 Å². The molecule has 2 atom stereocenters. The van der Waals surface area contributed by atoms with Crippen LogP contribution in [0.4, 0.5) is 0 Å². The highest BCUT2D eigenvalue weighted by Gasteiger charge is 2.37. The second-order valence-electron chi connectivity index (χ2n) is 7.53. The van der Waals surface area contributed by atoms with Gasteiger partial charge in [0.1, 0.15) is 0 Å². The van der Waals surface area contributed by atoms with Crippen molar-refractivity contribution in [1.29, 1.82) is 0 Å². The SMILES string of the molecule is CC1CCCCC1NC(=O)C1CN(C(=O)c2c[nH]c3ccccc23)C1. The molecule has 0 bridgehead atoms. The van der Waals surface area contributed by atoms with Gasteiger partial charge < -0.3 is 15.2 Å². The van der Waals surface area contributed by atoms with Crippen molar-refractivity contribution in [3.8, 4) is 0 Å². The summed E-state index contributed by atoms with van der Waals surface area (Å²) in [6.45, 7) is 3.26. The van der Waals surface area contributed by atoms with E-state index in [-0.39, 0.29) is 17.7 Å². The third-order valence-electron chi connectivity index (χ3n) is 5.80. The van der Waals surface area contributed by atoms with Gasteiger partial charge in [-0.1, -0.05) is 38.0 Å². The molecule has 0 spiro atoms. The summed E-state index contributed by atoms with van der Waals surface area (Å²) in [6, 6.07) is 8.10. The number of nitrogens with zero attached hydrogens (tertiary/aromatic N) is 1. The zero-order chi connectivity index (χ0) is 17.4. The number of benzene rings is 1. The van der Waals surface area contributed by atoms with E-state index in [9.17, 15) is 9.59 Å². The van der Waals surface area contributed by atoms with Crippen molar-refractivity contribution in [1.82, 2.24) is 15.2 Å². The Morgan fingerprint density at radius 3 is 2.72 bits per heavy atom. The fourth-order valence-corrected chi connectivity index (χ4v) is 4.06. The number of aromatic nitrogens is 1. The summed E-state index contributed by atoms with van der Waals surface area (Å²) < 4.78 is 0. The minimum Gasteiger partial charge on any atom is -0.360 e. The Labute approximate surface area is 147 Å². The average molecular weight is 339 g/mol. The number of carbonyl (C=O) groups is 2. The van der Waals surface area contributed by atoms with Crippen molar-refractivity contribution in [3.63, 3.8) is 0 Å². The van der Waals surface area contributed by atoms with Crippen LogP contribution in [0, 0.1) is 11.8 Å². The molecule has 1 aliphatic heterocycles. The van der Waals surface area contributed by atoms with Crippen LogP contribution < -0.4 is 5.32 Å². The topological polar surface area (TPSA) is 65.2 Å². The van der Waals surface area contributed by atoms with Gasteiger partial charge in [0.15, 0.2) is 0 Å². The van der Waals surface area contributed by atoms with E-state index in [1.165, 1.54) is 19.3 Å². The van der Waals surface area contributed by atoms with Crippen molar-refractivity contribution >= 4 is 22.7 Å². The van der Waals surface area contributed by atoms with Crippen LogP contribution in [0.25, 0.3) is 10.9 Å². The molecule has 2 heterocycles. The standard InChI is InChI=1S/C20H25N3O2/c1-13-6-2-4-8-17(13)22-19(24)14-11-23(12-14)20(25)16-10-21-18-9-5-3-7-15(16)18/h3,5,7,9-10,13-14,17,21H,2,4,6,8,11-12H2,1H3,(H,22,24).